The lowest BCUT2D eigenvalue weighted by Crippen LogP contribution is -2.13. The Morgan fingerprint density at radius 1 is 1.50 bits per heavy atom. The van der Waals surface area contributed by atoms with Crippen molar-refractivity contribution in [2.45, 2.75) is 0 Å². The van der Waals surface area contributed by atoms with Crippen LogP contribution in [0.5, 0.6) is 5.88 Å². The minimum absolute atomic E-state index is 0.268. The van der Waals surface area contributed by atoms with Crippen LogP contribution in [0.4, 0.5) is 5.69 Å². The van der Waals surface area contributed by atoms with E-state index in [1.807, 2.05) is 0 Å². The molecule has 0 aliphatic rings. The summed E-state index contributed by atoms with van der Waals surface area (Å²) < 4.78 is 6.51. The molecule has 2 aromatic heterocycles. The number of carbonyl (C=O) groups is 1. The number of aryl methyl sites for hydroxylation is 1. The van der Waals surface area contributed by atoms with E-state index in [1.54, 1.807) is 25.2 Å². The van der Waals surface area contributed by atoms with Crippen LogP contribution in [0.3, 0.4) is 0 Å². The van der Waals surface area contributed by atoms with Gasteiger partial charge < -0.3 is 10.1 Å². The molecule has 2 heterocycles. The average molecular weight is 267 g/mol. The third-order valence-corrected chi connectivity index (χ3v) is 2.49. The molecule has 0 spiro atoms. The van der Waals surface area contributed by atoms with Crippen LogP contribution in [-0.2, 0) is 7.05 Å². The predicted octanol–water partition coefficient (Wildman–Crippen LogP) is 1.73. The van der Waals surface area contributed by atoms with Crippen molar-refractivity contribution in [2.75, 3.05) is 12.4 Å². The molecule has 0 saturated heterocycles. The summed E-state index contributed by atoms with van der Waals surface area (Å²) in [5.74, 6) is 0.174. The predicted molar refractivity (Wildman–Crippen MR) is 67.0 cm³/mol. The minimum Gasteiger partial charge on any atom is -0.481 e. The molecule has 0 bridgehead atoms. The number of nitrogens with zero attached hydrogens (tertiary/aromatic N) is 3. The summed E-state index contributed by atoms with van der Waals surface area (Å²) in [6.45, 7) is 0. The largest absolute Gasteiger partial charge is 0.481 e. The molecule has 94 valence electrons. The summed E-state index contributed by atoms with van der Waals surface area (Å²) in [6, 6.07) is 4.81. The molecule has 0 aromatic carbocycles. The van der Waals surface area contributed by atoms with Gasteiger partial charge in [-0.25, -0.2) is 9.67 Å². The second kappa shape index (κ2) is 5.05. The Hall–Kier alpha value is -2.08. The van der Waals surface area contributed by atoms with Crippen LogP contribution in [0.15, 0.2) is 24.4 Å². The smallest absolute Gasteiger partial charge is 0.276 e. The van der Waals surface area contributed by atoms with Crippen LogP contribution >= 0.6 is 11.6 Å². The van der Waals surface area contributed by atoms with E-state index in [4.69, 9.17) is 16.3 Å². The standard InChI is InChI=1S/C11H11ClN4O2/c1-16-10(18-2)5-8(15-16)11(17)14-7-3-4-9(12)13-6-7/h3-6H,1-2H3,(H,14,17). The third-order valence-electron chi connectivity index (χ3n) is 2.26. The van der Waals surface area contributed by atoms with Crippen molar-refractivity contribution >= 4 is 23.2 Å². The van der Waals surface area contributed by atoms with Gasteiger partial charge in [-0.05, 0) is 12.1 Å². The summed E-state index contributed by atoms with van der Waals surface area (Å²) >= 11 is 5.65. The molecular weight excluding hydrogens is 256 g/mol. The van der Waals surface area contributed by atoms with Crippen LogP contribution < -0.4 is 10.1 Å². The number of carbonyl (C=O) groups excluding carboxylic acids is 1. The Labute approximate surface area is 109 Å². The van der Waals surface area contributed by atoms with E-state index in [0.29, 0.717) is 16.7 Å². The van der Waals surface area contributed by atoms with Gasteiger partial charge in [0.25, 0.3) is 5.91 Å². The molecule has 2 aromatic rings. The maximum Gasteiger partial charge on any atom is 0.276 e. The fourth-order valence-electron chi connectivity index (χ4n) is 1.40. The highest BCUT2D eigenvalue weighted by Crippen LogP contribution is 2.14. The molecule has 18 heavy (non-hydrogen) atoms. The van der Waals surface area contributed by atoms with Gasteiger partial charge in [-0.1, -0.05) is 11.6 Å². The molecule has 1 N–H and O–H groups in total. The molecule has 0 unspecified atom stereocenters. The molecule has 7 heteroatoms. The third kappa shape index (κ3) is 2.60. The van der Waals surface area contributed by atoms with E-state index in [9.17, 15) is 4.79 Å². The zero-order chi connectivity index (χ0) is 13.1. The van der Waals surface area contributed by atoms with Gasteiger partial charge >= 0.3 is 0 Å². The number of hydrogen-bond acceptors (Lipinski definition) is 4. The normalized spacial score (nSPS) is 10.2. The van der Waals surface area contributed by atoms with Crippen LogP contribution in [0.1, 0.15) is 10.5 Å². The summed E-state index contributed by atoms with van der Waals surface area (Å²) in [4.78, 5) is 15.7. The highest BCUT2D eigenvalue weighted by molar-refractivity contribution is 6.29. The molecule has 0 fully saturated rings. The first-order valence-electron chi connectivity index (χ1n) is 5.11. The van der Waals surface area contributed by atoms with Gasteiger partial charge in [0.1, 0.15) is 5.15 Å². The number of pyridine rings is 1. The van der Waals surface area contributed by atoms with Gasteiger partial charge in [0.2, 0.25) is 5.88 Å². The molecule has 0 saturated carbocycles. The second-order valence-electron chi connectivity index (χ2n) is 3.52. The summed E-state index contributed by atoms with van der Waals surface area (Å²) in [5.41, 5.74) is 0.818. The summed E-state index contributed by atoms with van der Waals surface area (Å²) in [6.07, 6.45) is 1.47. The Bertz CT molecular complexity index is 565. The molecule has 6 nitrogen and oxygen atoms in total. The highest BCUT2D eigenvalue weighted by Gasteiger charge is 2.13. The van der Waals surface area contributed by atoms with Crippen molar-refractivity contribution in [2.24, 2.45) is 7.05 Å². The first-order chi connectivity index (χ1) is 8.60. The second-order valence-corrected chi connectivity index (χ2v) is 3.91. The topological polar surface area (TPSA) is 69.0 Å². The lowest BCUT2D eigenvalue weighted by atomic mass is 10.3. The molecule has 2 rings (SSSR count). The van der Waals surface area contributed by atoms with Crippen LogP contribution in [-0.4, -0.2) is 27.8 Å². The number of halogens is 1. The number of nitrogens with one attached hydrogen (secondary N) is 1. The Balaban J connectivity index is 2.14. The van der Waals surface area contributed by atoms with Gasteiger partial charge in [-0.2, -0.15) is 5.10 Å². The van der Waals surface area contributed by atoms with E-state index in [1.165, 1.54) is 18.0 Å². The van der Waals surface area contributed by atoms with Crippen LogP contribution in [0.25, 0.3) is 0 Å². The number of amides is 1. The van der Waals surface area contributed by atoms with Gasteiger partial charge in [0.05, 0.1) is 19.0 Å². The lowest BCUT2D eigenvalue weighted by molar-refractivity contribution is 0.102. The van der Waals surface area contributed by atoms with Crippen molar-refractivity contribution in [3.63, 3.8) is 0 Å². The number of hydrogen-bond donors (Lipinski definition) is 1. The lowest BCUT2D eigenvalue weighted by Gasteiger charge is -2.01. The average Bonchev–Trinajstić information content (AvgIpc) is 2.73. The maximum atomic E-state index is 11.9. The molecule has 1 amide bonds. The van der Waals surface area contributed by atoms with E-state index < -0.39 is 0 Å². The van der Waals surface area contributed by atoms with Crippen LogP contribution in [0, 0.1) is 0 Å². The number of rotatable bonds is 3. The SMILES string of the molecule is COc1cc(C(=O)Nc2ccc(Cl)nc2)nn1C. The van der Waals surface area contributed by atoms with Crippen molar-refractivity contribution in [1.29, 1.82) is 0 Å². The summed E-state index contributed by atoms with van der Waals surface area (Å²) in [5, 5.41) is 7.05. The van der Waals surface area contributed by atoms with Gasteiger partial charge in [0, 0.05) is 13.1 Å². The molecule has 0 atom stereocenters. The number of aromatic nitrogens is 3. The fourth-order valence-corrected chi connectivity index (χ4v) is 1.51. The zero-order valence-electron chi connectivity index (χ0n) is 9.85. The number of ether oxygens (including phenoxy) is 1. The van der Waals surface area contributed by atoms with Crippen molar-refractivity contribution in [3.05, 3.63) is 35.2 Å². The minimum atomic E-state index is -0.335. The first kappa shape index (κ1) is 12.4. The maximum absolute atomic E-state index is 11.9. The van der Waals surface area contributed by atoms with E-state index in [2.05, 4.69) is 15.4 Å². The van der Waals surface area contributed by atoms with Gasteiger partial charge in [-0.3, -0.25) is 4.79 Å². The summed E-state index contributed by atoms with van der Waals surface area (Å²) in [7, 11) is 3.21. The van der Waals surface area contributed by atoms with Crippen molar-refractivity contribution in [3.8, 4) is 5.88 Å². The molecule has 0 aliphatic heterocycles. The highest BCUT2D eigenvalue weighted by atomic mass is 35.5. The van der Waals surface area contributed by atoms with Crippen LogP contribution in [0.2, 0.25) is 5.15 Å². The van der Waals surface area contributed by atoms with E-state index >= 15 is 0 Å². The zero-order valence-corrected chi connectivity index (χ0v) is 10.6. The fraction of sp³-hybridized carbons (Fsp3) is 0.182. The Morgan fingerprint density at radius 2 is 2.28 bits per heavy atom. The molecule has 0 radical (unpaired) electrons. The Morgan fingerprint density at radius 3 is 2.83 bits per heavy atom. The molecular formula is C11H11ClN4O2. The number of methoxy groups -OCH3 is 1. The molecule has 0 aliphatic carbocycles. The van der Waals surface area contributed by atoms with Gasteiger partial charge in [0.15, 0.2) is 5.69 Å². The van der Waals surface area contributed by atoms with Crippen molar-refractivity contribution < 1.29 is 9.53 Å². The number of anilines is 1. The quantitative estimate of drug-likeness (QED) is 0.859. The Kier molecular flexibility index (Phi) is 3.47. The first-order valence-corrected chi connectivity index (χ1v) is 5.49. The monoisotopic (exact) mass is 266 g/mol. The van der Waals surface area contributed by atoms with Crippen molar-refractivity contribution in [1.82, 2.24) is 14.8 Å². The van der Waals surface area contributed by atoms with E-state index in [-0.39, 0.29) is 11.6 Å². The van der Waals surface area contributed by atoms with E-state index in [0.717, 1.165) is 0 Å². The van der Waals surface area contributed by atoms with Gasteiger partial charge in [-0.15, -0.1) is 0 Å².